The van der Waals surface area contributed by atoms with Crippen molar-refractivity contribution < 1.29 is 4.74 Å². The van der Waals surface area contributed by atoms with E-state index in [2.05, 4.69) is 29.3 Å². The maximum atomic E-state index is 9.75. The van der Waals surface area contributed by atoms with Gasteiger partial charge in [-0.25, -0.2) is 4.99 Å². The van der Waals surface area contributed by atoms with Crippen molar-refractivity contribution in [3.8, 4) is 28.1 Å². The molecule has 3 rings (SSSR count). The minimum Gasteiger partial charge on any atom is -0.443 e. The van der Waals surface area contributed by atoms with Gasteiger partial charge in [-0.2, -0.15) is 9.64 Å². The van der Waals surface area contributed by atoms with Crippen LogP contribution in [-0.4, -0.2) is 28.7 Å². The summed E-state index contributed by atoms with van der Waals surface area (Å²) in [4.78, 5) is 6.63. The number of aliphatic imine (C=N–C) groups is 1. The minimum absolute atomic E-state index is 0.340. The number of aromatic nitrogens is 1. The third-order valence-electron chi connectivity index (χ3n) is 4.85. The van der Waals surface area contributed by atoms with Crippen LogP contribution in [-0.2, 0) is 0 Å². The van der Waals surface area contributed by atoms with Crippen molar-refractivity contribution >= 4 is 46.8 Å². The van der Waals surface area contributed by atoms with Gasteiger partial charge in [0, 0.05) is 35.2 Å². The lowest BCUT2D eigenvalue weighted by Crippen LogP contribution is -2.24. The van der Waals surface area contributed by atoms with Crippen molar-refractivity contribution in [2.45, 2.75) is 33.7 Å². The fourth-order valence-corrected chi connectivity index (χ4v) is 3.94. The van der Waals surface area contributed by atoms with Crippen molar-refractivity contribution in [2.24, 2.45) is 4.99 Å². The first-order valence-electron chi connectivity index (χ1n) is 9.61. The van der Waals surface area contributed by atoms with E-state index in [-0.39, 0.29) is 0 Å². The van der Waals surface area contributed by atoms with Crippen molar-refractivity contribution in [3.05, 3.63) is 57.1 Å². The molecular weight excluding hydrogens is 451 g/mol. The van der Waals surface area contributed by atoms with Gasteiger partial charge in [0.1, 0.15) is 23.1 Å². The lowest BCUT2D eigenvalue weighted by Gasteiger charge is -2.17. The summed E-state index contributed by atoms with van der Waals surface area (Å²) < 4.78 is 10.5. The fraction of sp³-hybridized carbons (Fsp3) is 0.261. The molecule has 0 fully saturated rings. The summed E-state index contributed by atoms with van der Waals surface area (Å²) in [6.45, 7) is 8.14. The Balaban J connectivity index is 1.92. The summed E-state index contributed by atoms with van der Waals surface area (Å²) >= 11 is 13.4. The van der Waals surface area contributed by atoms with Crippen molar-refractivity contribution in [2.75, 3.05) is 7.05 Å². The molecule has 160 valence electrons. The molecular formula is C23H22Cl2N4OS. The molecule has 8 heteroatoms. The van der Waals surface area contributed by atoms with Crippen LogP contribution in [0.25, 0.3) is 11.3 Å². The van der Waals surface area contributed by atoms with E-state index in [9.17, 15) is 5.26 Å². The highest BCUT2D eigenvalue weighted by molar-refractivity contribution is 7.08. The van der Waals surface area contributed by atoms with Gasteiger partial charge in [0.25, 0.3) is 0 Å². The summed E-state index contributed by atoms with van der Waals surface area (Å²) in [5, 5.41) is 11.1. The molecule has 0 N–H and O–H groups in total. The fourth-order valence-electron chi connectivity index (χ4n) is 2.72. The predicted octanol–water partition coefficient (Wildman–Crippen LogP) is 7.40. The number of hydrogen-bond donors (Lipinski definition) is 0. The number of benzene rings is 2. The van der Waals surface area contributed by atoms with Crippen LogP contribution in [0, 0.1) is 25.2 Å². The second kappa shape index (κ2) is 9.69. The molecule has 0 unspecified atom stereocenters. The monoisotopic (exact) mass is 472 g/mol. The first kappa shape index (κ1) is 23.1. The van der Waals surface area contributed by atoms with Crippen LogP contribution in [0.5, 0.6) is 10.8 Å². The van der Waals surface area contributed by atoms with E-state index in [1.54, 1.807) is 18.2 Å². The molecule has 0 spiro atoms. The van der Waals surface area contributed by atoms with Crippen LogP contribution < -0.4 is 4.74 Å². The average molecular weight is 473 g/mol. The van der Waals surface area contributed by atoms with Gasteiger partial charge < -0.3 is 9.64 Å². The predicted molar refractivity (Wildman–Crippen MR) is 129 cm³/mol. The third-order valence-corrected chi connectivity index (χ3v) is 6.12. The molecule has 3 aromatic rings. The molecule has 5 nitrogen and oxygen atoms in total. The lowest BCUT2D eigenvalue weighted by molar-refractivity contribution is 0.429. The smallest absolute Gasteiger partial charge is 0.218 e. The molecule has 0 amide bonds. The number of nitriles is 1. The highest BCUT2D eigenvalue weighted by Gasteiger charge is 2.20. The number of halogens is 2. The number of aryl methyl sites for hydroxylation is 2. The topological polar surface area (TPSA) is 61.5 Å². The molecule has 31 heavy (non-hydrogen) atoms. The largest absolute Gasteiger partial charge is 0.443 e. The number of ether oxygens (including phenoxy) is 1. The molecule has 0 aliphatic carbocycles. The van der Waals surface area contributed by atoms with E-state index in [0.29, 0.717) is 43.7 Å². The number of hydrogen-bond acceptors (Lipinski definition) is 5. The Morgan fingerprint density at radius 2 is 1.94 bits per heavy atom. The van der Waals surface area contributed by atoms with Gasteiger partial charge in [-0.05, 0) is 69.2 Å². The summed E-state index contributed by atoms with van der Waals surface area (Å²) in [7, 11) is 1.99. The molecule has 1 aromatic heterocycles. The zero-order valence-electron chi connectivity index (χ0n) is 17.9. The molecule has 0 aliphatic heterocycles. The molecule has 0 radical (unpaired) electrons. The van der Waals surface area contributed by atoms with Gasteiger partial charge in [0.15, 0.2) is 0 Å². The van der Waals surface area contributed by atoms with E-state index in [1.807, 2.05) is 44.3 Å². The van der Waals surface area contributed by atoms with E-state index in [4.69, 9.17) is 27.9 Å². The van der Waals surface area contributed by atoms with E-state index >= 15 is 0 Å². The Bertz CT molecular complexity index is 1180. The summed E-state index contributed by atoms with van der Waals surface area (Å²) in [5.41, 5.74) is 4.21. The molecule has 0 aliphatic rings. The molecule has 0 saturated heterocycles. The van der Waals surface area contributed by atoms with Gasteiger partial charge in [-0.3, -0.25) is 0 Å². The lowest BCUT2D eigenvalue weighted by atomic mass is 10.1. The van der Waals surface area contributed by atoms with Crippen molar-refractivity contribution in [1.29, 1.82) is 5.26 Å². The van der Waals surface area contributed by atoms with Crippen LogP contribution in [0.15, 0.2) is 35.3 Å². The van der Waals surface area contributed by atoms with Crippen LogP contribution in [0.1, 0.15) is 30.5 Å². The summed E-state index contributed by atoms with van der Waals surface area (Å²) in [6.07, 6.45) is 1.83. The number of nitrogens with zero attached hydrogens (tertiary/aromatic N) is 4. The van der Waals surface area contributed by atoms with E-state index in [1.165, 1.54) is 0 Å². The highest BCUT2D eigenvalue weighted by atomic mass is 35.5. The van der Waals surface area contributed by atoms with Gasteiger partial charge in [-0.15, -0.1) is 0 Å². The molecule has 0 bridgehead atoms. The molecule has 2 aromatic carbocycles. The summed E-state index contributed by atoms with van der Waals surface area (Å²) in [5.74, 6) is 0.655. The highest BCUT2D eigenvalue weighted by Crippen LogP contribution is 2.41. The maximum absolute atomic E-state index is 9.75. The van der Waals surface area contributed by atoms with Crippen molar-refractivity contribution in [1.82, 2.24) is 9.27 Å². The Hall–Kier alpha value is -2.59. The Morgan fingerprint density at radius 1 is 1.19 bits per heavy atom. The average Bonchev–Trinajstić information content (AvgIpc) is 3.11. The van der Waals surface area contributed by atoms with Gasteiger partial charge in [0.2, 0.25) is 5.06 Å². The zero-order valence-corrected chi connectivity index (χ0v) is 20.2. The SMILES string of the molecule is Cc1cc(Oc2snc(-c3ccc(Cl)cc3Cl)c2C#N)c(C)cc1N=CN(C)C(C)C. The molecule has 0 saturated carbocycles. The first-order valence-corrected chi connectivity index (χ1v) is 11.1. The van der Waals surface area contributed by atoms with E-state index in [0.717, 1.165) is 28.3 Å². The molecule has 0 atom stereocenters. The van der Waals surface area contributed by atoms with Crippen LogP contribution in [0.4, 0.5) is 5.69 Å². The Morgan fingerprint density at radius 3 is 2.58 bits per heavy atom. The molecule has 1 heterocycles. The normalized spacial score (nSPS) is 11.2. The number of rotatable bonds is 6. The maximum Gasteiger partial charge on any atom is 0.218 e. The Labute approximate surface area is 196 Å². The van der Waals surface area contributed by atoms with Gasteiger partial charge in [-0.1, -0.05) is 23.2 Å². The second-order valence-corrected chi connectivity index (χ2v) is 9.02. The van der Waals surface area contributed by atoms with Crippen molar-refractivity contribution in [3.63, 3.8) is 0 Å². The quantitative estimate of drug-likeness (QED) is 0.277. The second-order valence-electron chi connectivity index (χ2n) is 7.44. The van der Waals surface area contributed by atoms with E-state index < -0.39 is 0 Å². The van der Waals surface area contributed by atoms with Crippen LogP contribution in [0.2, 0.25) is 10.0 Å². The summed E-state index contributed by atoms with van der Waals surface area (Å²) in [6, 6.07) is 11.6. The van der Waals surface area contributed by atoms with Crippen LogP contribution >= 0.6 is 34.7 Å². The third kappa shape index (κ3) is 5.19. The minimum atomic E-state index is 0.340. The standard InChI is InChI=1S/C23H22Cl2N4OS/c1-13(2)29(5)12-27-20-8-15(4)21(9-14(20)3)30-23-18(11-26)22(28-31-23)17-7-6-16(24)10-19(17)25/h6-10,12-13H,1-5H3. The van der Waals surface area contributed by atoms with Crippen LogP contribution in [0.3, 0.4) is 0 Å². The first-order chi connectivity index (χ1) is 14.7. The Kier molecular flexibility index (Phi) is 7.22. The van der Waals surface area contributed by atoms with Gasteiger partial charge >= 0.3 is 0 Å². The zero-order chi connectivity index (χ0) is 22.7. The van der Waals surface area contributed by atoms with Gasteiger partial charge in [0.05, 0.1) is 17.0 Å².